The Morgan fingerprint density at radius 3 is 2.80 bits per heavy atom. The number of nitrogens with one attached hydrogen (secondary N) is 3. The van der Waals surface area contributed by atoms with Crippen LogP contribution in [0.5, 0.6) is 0 Å². The molecule has 2 saturated heterocycles. The molecule has 1 amide bonds. The van der Waals surface area contributed by atoms with E-state index in [0.29, 0.717) is 17.8 Å². The zero-order chi connectivity index (χ0) is 12.8. The lowest BCUT2D eigenvalue weighted by molar-refractivity contribution is 0.0927. The Kier molecular flexibility index (Phi) is 3.44. The highest BCUT2D eigenvalue weighted by atomic mass is 35.5. The number of hydrogen-bond donors (Lipinski definition) is 3. The number of aromatic nitrogens is 1. The first-order valence-corrected chi connectivity index (χ1v) is 6.94. The zero-order valence-electron chi connectivity index (χ0n) is 11.1. The van der Waals surface area contributed by atoms with Crippen molar-refractivity contribution in [1.29, 1.82) is 0 Å². The van der Waals surface area contributed by atoms with Crippen molar-refractivity contribution in [3.8, 4) is 0 Å². The highest BCUT2D eigenvalue weighted by Crippen LogP contribution is 2.28. The number of carbonyl (C=O) groups excluding carboxylic acids is 1. The van der Waals surface area contributed by atoms with Gasteiger partial charge in [-0.3, -0.25) is 4.79 Å². The molecule has 5 heteroatoms. The van der Waals surface area contributed by atoms with Crippen molar-refractivity contribution in [2.24, 2.45) is 0 Å². The number of para-hydroxylation sites is 1. The topological polar surface area (TPSA) is 56.9 Å². The molecule has 2 bridgehead atoms. The van der Waals surface area contributed by atoms with Gasteiger partial charge in [-0.25, -0.2) is 0 Å². The summed E-state index contributed by atoms with van der Waals surface area (Å²) in [5.74, 6) is 0.00977. The number of carbonyl (C=O) groups is 1. The molecular weight excluding hydrogens is 274 g/mol. The predicted octanol–water partition coefficient (Wildman–Crippen LogP) is 2.21. The monoisotopic (exact) mass is 291 g/mol. The van der Waals surface area contributed by atoms with Crippen LogP contribution in [0.25, 0.3) is 10.9 Å². The van der Waals surface area contributed by atoms with E-state index >= 15 is 0 Å². The minimum atomic E-state index is 0. The molecule has 3 heterocycles. The van der Waals surface area contributed by atoms with Crippen LogP contribution < -0.4 is 10.6 Å². The van der Waals surface area contributed by atoms with Gasteiger partial charge in [-0.2, -0.15) is 0 Å². The molecule has 2 aliphatic rings. The molecule has 0 radical (unpaired) electrons. The maximum atomic E-state index is 12.3. The molecule has 3 N–H and O–H groups in total. The maximum Gasteiger partial charge on any atom is 0.268 e. The SMILES string of the molecule is Cl.O=C(N[C@@H]1C[C@H]2CC[C@@H]1N2)c1cc2ccccc2[nH]1. The number of fused-ring (bicyclic) bond motifs is 3. The van der Waals surface area contributed by atoms with Crippen molar-refractivity contribution in [3.63, 3.8) is 0 Å². The average Bonchev–Trinajstić information content (AvgIpc) is 3.12. The number of amides is 1. The lowest BCUT2D eigenvalue weighted by Gasteiger charge is -2.21. The molecule has 0 saturated carbocycles. The van der Waals surface area contributed by atoms with Gasteiger partial charge in [0.25, 0.3) is 5.91 Å². The van der Waals surface area contributed by atoms with E-state index in [4.69, 9.17) is 0 Å². The Morgan fingerprint density at radius 1 is 1.25 bits per heavy atom. The van der Waals surface area contributed by atoms with E-state index in [1.807, 2.05) is 30.3 Å². The Balaban J connectivity index is 0.00000121. The van der Waals surface area contributed by atoms with Gasteiger partial charge in [0.2, 0.25) is 0 Å². The Hall–Kier alpha value is -1.52. The lowest BCUT2D eigenvalue weighted by atomic mass is 9.95. The van der Waals surface area contributed by atoms with Crippen LogP contribution in [0.3, 0.4) is 0 Å². The second-order valence-corrected chi connectivity index (χ2v) is 5.63. The largest absolute Gasteiger partial charge is 0.351 e. The molecule has 4 nitrogen and oxygen atoms in total. The molecule has 0 aliphatic carbocycles. The fourth-order valence-corrected chi connectivity index (χ4v) is 3.43. The number of hydrogen-bond acceptors (Lipinski definition) is 2. The predicted molar refractivity (Wildman–Crippen MR) is 81.4 cm³/mol. The molecule has 0 spiro atoms. The Morgan fingerprint density at radius 2 is 2.10 bits per heavy atom. The van der Waals surface area contributed by atoms with E-state index in [1.165, 1.54) is 12.8 Å². The van der Waals surface area contributed by atoms with Gasteiger partial charge in [-0.1, -0.05) is 18.2 Å². The summed E-state index contributed by atoms with van der Waals surface area (Å²) < 4.78 is 0. The van der Waals surface area contributed by atoms with Crippen LogP contribution in [0.1, 0.15) is 29.8 Å². The van der Waals surface area contributed by atoms with E-state index < -0.39 is 0 Å². The van der Waals surface area contributed by atoms with Crippen LogP contribution in [0.2, 0.25) is 0 Å². The summed E-state index contributed by atoms with van der Waals surface area (Å²) in [4.78, 5) is 15.5. The summed E-state index contributed by atoms with van der Waals surface area (Å²) in [6, 6.07) is 11.3. The van der Waals surface area contributed by atoms with Crippen LogP contribution in [0, 0.1) is 0 Å². The molecule has 4 rings (SSSR count). The van der Waals surface area contributed by atoms with Crippen LogP contribution >= 0.6 is 12.4 Å². The standard InChI is InChI=1S/C15H17N3O.ClH/c19-15(18-13-8-10-5-6-12(13)16-10)14-7-9-3-1-2-4-11(9)17-14;/h1-4,7,10,12-13,16-17H,5-6,8H2,(H,18,19);1H/t10-,12+,13-;/m1./s1. The van der Waals surface area contributed by atoms with Gasteiger partial charge >= 0.3 is 0 Å². The third kappa shape index (κ3) is 2.19. The Labute approximate surface area is 123 Å². The average molecular weight is 292 g/mol. The fourth-order valence-electron chi connectivity index (χ4n) is 3.43. The third-order valence-corrected chi connectivity index (χ3v) is 4.39. The molecular formula is C15H18ClN3O. The van der Waals surface area contributed by atoms with Gasteiger partial charge < -0.3 is 15.6 Å². The summed E-state index contributed by atoms with van der Waals surface area (Å²) in [5.41, 5.74) is 1.67. The molecule has 3 atom stereocenters. The van der Waals surface area contributed by atoms with E-state index in [-0.39, 0.29) is 24.4 Å². The van der Waals surface area contributed by atoms with Crippen LogP contribution in [-0.4, -0.2) is 29.0 Å². The number of benzene rings is 1. The molecule has 1 aromatic carbocycles. The molecule has 2 aliphatic heterocycles. The lowest BCUT2D eigenvalue weighted by Crippen LogP contribution is -2.43. The zero-order valence-corrected chi connectivity index (χ0v) is 11.9. The summed E-state index contributed by atoms with van der Waals surface area (Å²) >= 11 is 0. The molecule has 2 aromatic rings. The minimum absolute atomic E-state index is 0. The van der Waals surface area contributed by atoms with Gasteiger partial charge in [-0.05, 0) is 31.4 Å². The molecule has 2 fully saturated rings. The van der Waals surface area contributed by atoms with Crippen molar-refractivity contribution in [2.75, 3.05) is 0 Å². The van der Waals surface area contributed by atoms with Crippen molar-refractivity contribution >= 4 is 29.2 Å². The van der Waals surface area contributed by atoms with Crippen molar-refractivity contribution < 1.29 is 4.79 Å². The Bertz CT molecular complexity index is 606. The summed E-state index contributed by atoms with van der Waals surface area (Å²) in [7, 11) is 0. The van der Waals surface area contributed by atoms with E-state index in [1.54, 1.807) is 0 Å². The number of halogens is 1. The molecule has 1 aromatic heterocycles. The first kappa shape index (κ1) is 13.5. The van der Waals surface area contributed by atoms with Gasteiger partial charge in [-0.15, -0.1) is 12.4 Å². The fraction of sp³-hybridized carbons (Fsp3) is 0.400. The van der Waals surface area contributed by atoms with Gasteiger partial charge in [0, 0.05) is 29.0 Å². The van der Waals surface area contributed by atoms with Gasteiger partial charge in [0.1, 0.15) is 5.69 Å². The highest BCUT2D eigenvalue weighted by molar-refractivity contribution is 5.98. The van der Waals surface area contributed by atoms with Crippen molar-refractivity contribution in [3.05, 3.63) is 36.0 Å². The van der Waals surface area contributed by atoms with Crippen LogP contribution in [-0.2, 0) is 0 Å². The normalized spacial score (nSPS) is 27.5. The first-order valence-electron chi connectivity index (χ1n) is 6.94. The minimum Gasteiger partial charge on any atom is -0.351 e. The number of H-pyrrole nitrogens is 1. The number of rotatable bonds is 2. The van der Waals surface area contributed by atoms with Crippen molar-refractivity contribution in [1.82, 2.24) is 15.6 Å². The highest BCUT2D eigenvalue weighted by Gasteiger charge is 2.39. The smallest absolute Gasteiger partial charge is 0.268 e. The van der Waals surface area contributed by atoms with Gasteiger partial charge in [0.05, 0.1) is 0 Å². The van der Waals surface area contributed by atoms with Crippen LogP contribution in [0.4, 0.5) is 0 Å². The van der Waals surface area contributed by atoms with Crippen LogP contribution in [0.15, 0.2) is 30.3 Å². The number of aromatic amines is 1. The quantitative estimate of drug-likeness (QED) is 0.794. The van der Waals surface area contributed by atoms with Crippen molar-refractivity contribution in [2.45, 2.75) is 37.4 Å². The molecule has 0 unspecified atom stereocenters. The maximum absolute atomic E-state index is 12.3. The summed E-state index contributed by atoms with van der Waals surface area (Å²) in [5, 5.41) is 7.77. The first-order chi connectivity index (χ1) is 9.29. The summed E-state index contributed by atoms with van der Waals surface area (Å²) in [6.07, 6.45) is 3.50. The van der Waals surface area contributed by atoms with E-state index in [9.17, 15) is 4.79 Å². The third-order valence-electron chi connectivity index (χ3n) is 4.39. The molecule has 106 valence electrons. The second-order valence-electron chi connectivity index (χ2n) is 5.63. The van der Waals surface area contributed by atoms with E-state index in [0.717, 1.165) is 17.3 Å². The molecule has 20 heavy (non-hydrogen) atoms. The summed E-state index contributed by atoms with van der Waals surface area (Å²) in [6.45, 7) is 0. The second kappa shape index (κ2) is 5.11. The van der Waals surface area contributed by atoms with E-state index in [2.05, 4.69) is 15.6 Å². The van der Waals surface area contributed by atoms with Gasteiger partial charge in [0.15, 0.2) is 0 Å².